The third-order valence-electron chi connectivity index (χ3n) is 2.71. The van der Waals surface area contributed by atoms with Gasteiger partial charge in [0.2, 0.25) is 10.0 Å². The first-order chi connectivity index (χ1) is 5.58. The van der Waals surface area contributed by atoms with Gasteiger partial charge in [0.25, 0.3) is 0 Å². The summed E-state index contributed by atoms with van der Waals surface area (Å²) in [7, 11) is -3.00. The number of ether oxygens (including phenoxy) is 1. The summed E-state index contributed by atoms with van der Waals surface area (Å²) in [5.74, 6) is 1.78. The number of fused-ring (bicyclic) bond motifs is 1. The van der Waals surface area contributed by atoms with E-state index in [1.807, 2.05) is 0 Å². The molecule has 0 aromatic rings. The molecular weight excluding hydrogens is 178 g/mol. The van der Waals surface area contributed by atoms with E-state index < -0.39 is 10.0 Å². The fraction of sp³-hybridized carbons (Fsp3) is 1.00. The van der Waals surface area contributed by atoms with Crippen molar-refractivity contribution in [3.63, 3.8) is 0 Å². The molecular formula is C7H13NO3S. The van der Waals surface area contributed by atoms with Crippen LogP contribution in [-0.2, 0) is 14.8 Å². The molecule has 2 unspecified atom stereocenters. The number of hydrogen-bond donors (Lipinski definition) is 1. The van der Waals surface area contributed by atoms with Crippen LogP contribution < -0.4 is 4.72 Å². The maximum Gasteiger partial charge on any atom is 0.208 e. The molecule has 0 amide bonds. The molecule has 2 fully saturated rings. The highest BCUT2D eigenvalue weighted by Crippen LogP contribution is 2.50. The Hall–Kier alpha value is -0.130. The molecule has 0 radical (unpaired) electrons. The third-order valence-corrected chi connectivity index (χ3v) is 3.40. The molecule has 0 bridgehead atoms. The quantitative estimate of drug-likeness (QED) is 0.650. The van der Waals surface area contributed by atoms with Crippen molar-refractivity contribution in [1.29, 1.82) is 0 Å². The Morgan fingerprint density at radius 1 is 1.42 bits per heavy atom. The van der Waals surface area contributed by atoms with Gasteiger partial charge < -0.3 is 4.74 Å². The van der Waals surface area contributed by atoms with Crippen LogP contribution >= 0.6 is 0 Å². The minimum absolute atomic E-state index is 0.536. The first-order valence-corrected chi connectivity index (χ1v) is 5.99. The fourth-order valence-electron chi connectivity index (χ4n) is 1.91. The summed E-state index contributed by atoms with van der Waals surface area (Å²) < 4.78 is 29.2. The van der Waals surface area contributed by atoms with Crippen molar-refractivity contribution >= 4 is 10.0 Å². The van der Waals surface area contributed by atoms with Crippen molar-refractivity contribution in [3.05, 3.63) is 0 Å². The van der Waals surface area contributed by atoms with Crippen molar-refractivity contribution in [2.24, 2.45) is 17.8 Å². The van der Waals surface area contributed by atoms with Gasteiger partial charge in [0.15, 0.2) is 0 Å². The number of nitrogens with one attached hydrogen (secondary N) is 1. The van der Waals surface area contributed by atoms with Gasteiger partial charge in [0.05, 0.1) is 19.5 Å². The van der Waals surface area contributed by atoms with Crippen LogP contribution in [0.3, 0.4) is 0 Å². The van der Waals surface area contributed by atoms with Gasteiger partial charge in [-0.25, -0.2) is 13.1 Å². The zero-order valence-electron chi connectivity index (χ0n) is 6.99. The average molecular weight is 191 g/mol. The molecule has 1 heterocycles. The number of rotatable bonds is 3. The van der Waals surface area contributed by atoms with Crippen molar-refractivity contribution in [3.8, 4) is 0 Å². The van der Waals surface area contributed by atoms with Gasteiger partial charge in [-0.15, -0.1) is 0 Å². The van der Waals surface area contributed by atoms with Gasteiger partial charge in [-0.2, -0.15) is 0 Å². The highest BCUT2D eigenvalue weighted by Gasteiger charge is 2.53. The monoisotopic (exact) mass is 191 g/mol. The van der Waals surface area contributed by atoms with E-state index in [0.29, 0.717) is 24.3 Å². The minimum atomic E-state index is -3.00. The van der Waals surface area contributed by atoms with E-state index in [9.17, 15) is 8.42 Å². The molecule has 2 atom stereocenters. The second kappa shape index (κ2) is 2.68. The molecule has 5 heteroatoms. The summed E-state index contributed by atoms with van der Waals surface area (Å²) in [6, 6.07) is 0. The van der Waals surface area contributed by atoms with Gasteiger partial charge in [0, 0.05) is 6.54 Å². The third kappa shape index (κ3) is 1.62. The molecule has 1 saturated heterocycles. The Morgan fingerprint density at radius 2 is 2.00 bits per heavy atom. The Balaban J connectivity index is 1.77. The van der Waals surface area contributed by atoms with Crippen molar-refractivity contribution < 1.29 is 13.2 Å². The molecule has 12 heavy (non-hydrogen) atoms. The van der Waals surface area contributed by atoms with Crippen molar-refractivity contribution in [2.75, 3.05) is 26.0 Å². The lowest BCUT2D eigenvalue weighted by Crippen LogP contribution is -2.25. The van der Waals surface area contributed by atoms with Crippen LogP contribution in [0, 0.1) is 17.8 Å². The van der Waals surface area contributed by atoms with Crippen LogP contribution in [0.15, 0.2) is 0 Å². The van der Waals surface area contributed by atoms with Gasteiger partial charge in [0.1, 0.15) is 0 Å². The second-order valence-corrected chi connectivity index (χ2v) is 5.48. The summed E-state index contributed by atoms with van der Waals surface area (Å²) in [5, 5.41) is 0. The standard InChI is InChI=1S/C7H13NO3S/c1-12(9,10)8-2-5-6-3-11-4-7(5)6/h5-8H,2-4H2,1H3. The smallest absolute Gasteiger partial charge is 0.208 e. The van der Waals surface area contributed by atoms with E-state index in [0.717, 1.165) is 13.2 Å². The molecule has 0 aromatic heterocycles. The number of hydrogen-bond acceptors (Lipinski definition) is 3. The summed E-state index contributed by atoms with van der Waals surface area (Å²) in [6.45, 7) is 2.24. The van der Waals surface area contributed by atoms with Crippen LogP contribution in [0.5, 0.6) is 0 Å². The summed E-state index contributed by atoms with van der Waals surface area (Å²) >= 11 is 0. The lowest BCUT2D eigenvalue weighted by Gasteiger charge is -2.03. The SMILES string of the molecule is CS(=O)(=O)NCC1C2COCC12. The van der Waals surface area contributed by atoms with E-state index in [1.165, 1.54) is 6.26 Å². The zero-order valence-corrected chi connectivity index (χ0v) is 7.80. The second-order valence-electron chi connectivity index (χ2n) is 3.65. The van der Waals surface area contributed by atoms with Crippen molar-refractivity contribution in [2.45, 2.75) is 0 Å². The zero-order chi connectivity index (χ0) is 8.77. The van der Waals surface area contributed by atoms with Crippen LogP contribution in [0.1, 0.15) is 0 Å². The highest BCUT2D eigenvalue weighted by molar-refractivity contribution is 7.88. The van der Waals surface area contributed by atoms with E-state index in [1.54, 1.807) is 0 Å². The molecule has 1 aliphatic carbocycles. The Kier molecular flexibility index (Phi) is 1.89. The Morgan fingerprint density at radius 3 is 2.50 bits per heavy atom. The topological polar surface area (TPSA) is 55.4 Å². The lowest BCUT2D eigenvalue weighted by atomic mass is 10.3. The molecule has 0 aromatic carbocycles. The highest BCUT2D eigenvalue weighted by atomic mass is 32.2. The Bertz CT molecular complexity index is 264. The van der Waals surface area contributed by atoms with Gasteiger partial charge in [-0.05, 0) is 17.8 Å². The summed E-state index contributed by atoms with van der Waals surface area (Å²) in [6.07, 6.45) is 1.20. The first kappa shape index (κ1) is 8.47. The molecule has 0 spiro atoms. The minimum Gasteiger partial charge on any atom is -0.381 e. The largest absolute Gasteiger partial charge is 0.381 e. The molecule has 1 saturated carbocycles. The molecule has 70 valence electrons. The van der Waals surface area contributed by atoms with E-state index in [-0.39, 0.29) is 0 Å². The maximum atomic E-state index is 10.7. The maximum absolute atomic E-state index is 10.7. The predicted octanol–water partition coefficient (Wildman–Crippen LogP) is -0.572. The van der Waals surface area contributed by atoms with Crippen LogP contribution in [0.4, 0.5) is 0 Å². The van der Waals surface area contributed by atoms with Gasteiger partial charge in [-0.1, -0.05) is 0 Å². The Labute approximate surface area is 72.3 Å². The molecule has 2 aliphatic rings. The van der Waals surface area contributed by atoms with Crippen molar-refractivity contribution in [1.82, 2.24) is 4.72 Å². The van der Waals surface area contributed by atoms with E-state index in [4.69, 9.17) is 4.74 Å². The van der Waals surface area contributed by atoms with Crippen LogP contribution in [0.25, 0.3) is 0 Å². The van der Waals surface area contributed by atoms with E-state index >= 15 is 0 Å². The summed E-state index contributed by atoms with van der Waals surface area (Å²) in [4.78, 5) is 0. The van der Waals surface area contributed by atoms with Gasteiger partial charge in [-0.3, -0.25) is 0 Å². The molecule has 1 N–H and O–H groups in total. The van der Waals surface area contributed by atoms with Crippen LogP contribution in [-0.4, -0.2) is 34.4 Å². The molecule has 2 rings (SSSR count). The number of sulfonamides is 1. The van der Waals surface area contributed by atoms with E-state index in [2.05, 4.69) is 4.72 Å². The van der Waals surface area contributed by atoms with Crippen LogP contribution in [0.2, 0.25) is 0 Å². The summed E-state index contributed by atoms with van der Waals surface area (Å²) in [5.41, 5.74) is 0. The lowest BCUT2D eigenvalue weighted by molar-refractivity contribution is 0.151. The fourth-order valence-corrected chi connectivity index (χ4v) is 2.40. The first-order valence-electron chi connectivity index (χ1n) is 4.10. The molecule has 4 nitrogen and oxygen atoms in total. The average Bonchev–Trinajstić information content (AvgIpc) is 2.41. The predicted molar refractivity (Wildman–Crippen MR) is 44.1 cm³/mol. The normalized spacial score (nSPS) is 39.6. The van der Waals surface area contributed by atoms with Gasteiger partial charge >= 0.3 is 0 Å². The molecule has 1 aliphatic heterocycles.